The van der Waals surface area contributed by atoms with Crippen molar-refractivity contribution in [3.05, 3.63) is 55.8 Å². The van der Waals surface area contributed by atoms with Gasteiger partial charge in [-0.15, -0.1) is 0 Å². The minimum Gasteiger partial charge on any atom is -0.454 e. The Morgan fingerprint density at radius 1 is 1.26 bits per heavy atom. The Kier molecular flexibility index (Phi) is 4.69. The van der Waals surface area contributed by atoms with E-state index in [4.69, 9.17) is 0 Å². The first kappa shape index (κ1) is 14.3. The summed E-state index contributed by atoms with van der Waals surface area (Å²) in [5, 5.41) is 21.2. The summed E-state index contributed by atoms with van der Waals surface area (Å²) in [5.41, 5.74) is -0.0201. The number of nitro benzene ring substituents is 1. The molecule has 0 N–H and O–H groups in total. The third-order valence-corrected chi connectivity index (χ3v) is 2.10. The van der Waals surface area contributed by atoms with Crippen LogP contribution >= 0.6 is 0 Å². The quantitative estimate of drug-likeness (QED) is 0.456. The second-order valence-corrected chi connectivity index (χ2v) is 3.52. The molecule has 0 atom stereocenters. The molecule has 0 aliphatic rings. The van der Waals surface area contributed by atoms with Gasteiger partial charge in [0.2, 0.25) is 0 Å². The molecule has 8 heteroatoms. The molecule has 0 unspecified atom stereocenters. The highest BCUT2D eigenvalue weighted by Crippen LogP contribution is 2.14. The largest absolute Gasteiger partial charge is 0.454 e. The van der Waals surface area contributed by atoms with E-state index in [-0.39, 0.29) is 11.4 Å². The number of non-ortho nitro benzene ring substituents is 1. The SMILES string of the molecule is CC(=O)OC/C(=C/c1ccc([N+](=O)[O-])cc1)[N+](=O)[O-]. The molecule has 0 saturated carbocycles. The molecule has 0 fully saturated rings. The molecule has 1 rings (SSSR count). The van der Waals surface area contributed by atoms with Crippen LogP contribution < -0.4 is 0 Å². The van der Waals surface area contributed by atoms with E-state index < -0.39 is 22.4 Å². The van der Waals surface area contributed by atoms with Crippen LogP contribution in [-0.2, 0) is 9.53 Å². The first-order valence-electron chi connectivity index (χ1n) is 5.13. The molecule has 0 aromatic heterocycles. The van der Waals surface area contributed by atoms with Crippen LogP contribution in [0.25, 0.3) is 6.08 Å². The smallest absolute Gasteiger partial charge is 0.303 e. The molecule has 19 heavy (non-hydrogen) atoms. The topological polar surface area (TPSA) is 113 Å². The lowest BCUT2D eigenvalue weighted by molar-refractivity contribution is -0.428. The fourth-order valence-corrected chi connectivity index (χ4v) is 1.21. The van der Waals surface area contributed by atoms with Crippen LogP contribution in [0.15, 0.2) is 30.0 Å². The van der Waals surface area contributed by atoms with Gasteiger partial charge < -0.3 is 4.74 Å². The molecule has 0 spiro atoms. The fraction of sp³-hybridized carbons (Fsp3) is 0.182. The van der Waals surface area contributed by atoms with Gasteiger partial charge in [0.15, 0.2) is 6.61 Å². The Bertz CT molecular complexity index is 535. The normalized spacial score (nSPS) is 10.9. The van der Waals surface area contributed by atoms with Crippen molar-refractivity contribution < 1.29 is 19.4 Å². The van der Waals surface area contributed by atoms with Crippen molar-refractivity contribution in [2.75, 3.05) is 6.61 Å². The van der Waals surface area contributed by atoms with Gasteiger partial charge in [-0.05, 0) is 17.7 Å². The van der Waals surface area contributed by atoms with Crippen molar-refractivity contribution in [3.8, 4) is 0 Å². The average molecular weight is 266 g/mol. The lowest BCUT2D eigenvalue weighted by Crippen LogP contribution is -2.09. The van der Waals surface area contributed by atoms with E-state index in [2.05, 4.69) is 4.74 Å². The van der Waals surface area contributed by atoms with Crippen LogP contribution in [0, 0.1) is 20.2 Å². The number of ether oxygens (including phenoxy) is 1. The molecule has 0 radical (unpaired) electrons. The number of carbonyl (C=O) groups is 1. The van der Waals surface area contributed by atoms with Gasteiger partial charge >= 0.3 is 5.97 Å². The Morgan fingerprint density at radius 3 is 2.26 bits per heavy atom. The second kappa shape index (κ2) is 6.24. The van der Waals surface area contributed by atoms with E-state index in [0.29, 0.717) is 5.56 Å². The maximum atomic E-state index is 10.7. The molecular weight excluding hydrogens is 256 g/mol. The van der Waals surface area contributed by atoms with Crippen LogP contribution in [0.4, 0.5) is 5.69 Å². The monoisotopic (exact) mass is 266 g/mol. The third kappa shape index (κ3) is 4.54. The summed E-state index contributed by atoms with van der Waals surface area (Å²) in [6.07, 6.45) is 1.19. The van der Waals surface area contributed by atoms with Crippen LogP contribution in [0.1, 0.15) is 12.5 Å². The maximum absolute atomic E-state index is 10.7. The summed E-state index contributed by atoms with van der Waals surface area (Å²) in [4.78, 5) is 30.5. The third-order valence-electron chi connectivity index (χ3n) is 2.10. The number of rotatable bonds is 5. The lowest BCUT2D eigenvalue weighted by atomic mass is 10.2. The Morgan fingerprint density at radius 2 is 1.84 bits per heavy atom. The molecule has 0 aliphatic heterocycles. The molecule has 0 aliphatic carbocycles. The number of carbonyl (C=O) groups excluding carboxylic acids is 1. The Hall–Kier alpha value is -2.77. The van der Waals surface area contributed by atoms with Crippen LogP contribution in [0.5, 0.6) is 0 Å². The molecule has 0 amide bonds. The summed E-state index contributed by atoms with van der Waals surface area (Å²) < 4.78 is 4.54. The van der Waals surface area contributed by atoms with Crippen molar-refractivity contribution >= 4 is 17.7 Å². The summed E-state index contributed by atoms with van der Waals surface area (Å²) in [6.45, 7) is 0.683. The van der Waals surface area contributed by atoms with Crippen molar-refractivity contribution in [1.29, 1.82) is 0 Å². The number of nitrogens with zero attached hydrogens (tertiary/aromatic N) is 2. The molecular formula is C11H10N2O6. The van der Waals surface area contributed by atoms with E-state index in [9.17, 15) is 25.0 Å². The zero-order chi connectivity index (χ0) is 14.4. The maximum Gasteiger partial charge on any atom is 0.303 e. The first-order valence-corrected chi connectivity index (χ1v) is 5.13. The molecule has 1 aromatic rings. The number of nitro groups is 2. The first-order chi connectivity index (χ1) is 8.90. The fourth-order valence-electron chi connectivity index (χ4n) is 1.21. The molecule has 100 valence electrons. The van der Waals surface area contributed by atoms with E-state index in [0.717, 1.165) is 6.92 Å². The summed E-state index contributed by atoms with van der Waals surface area (Å²) in [7, 11) is 0. The van der Waals surface area contributed by atoms with Crippen molar-refractivity contribution in [1.82, 2.24) is 0 Å². The lowest BCUT2D eigenvalue weighted by Gasteiger charge is -2.00. The highest BCUT2D eigenvalue weighted by molar-refractivity contribution is 5.66. The van der Waals surface area contributed by atoms with Gasteiger partial charge in [0.25, 0.3) is 11.4 Å². The van der Waals surface area contributed by atoms with Gasteiger partial charge in [0.05, 0.1) is 9.85 Å². The summed E-state index contributed by atoms with van der Waals surface area (Å²) in [5.74, 6) is -0.628. The highest BCUT2D eigenvalue weighted by Gasteiger charge is 2.13. The Labute approximate surface area is 107 Å². The van der Waals surface area contributed by atoms with Crippen LogP contribution in [0.3, 0.4) is 0 Å². The van der Waals surface area contributed by atoms with Crippen LogP contribution in [0.2, 0.25) is 0 Å². The molecule has 0 bridgehead atoms. The van der Waals surface area contributed by atoms with Crippen molar-refractivity contribution in [2.24, 2.45) is 0 Å². The van der Waals surface area contributed by atoms with Gasteiger partial charge in [-0.1, -0.05) is 0 Å². The predicted octanol–water partition coefficient (Wildman–Crippen LogP) is 1.78. The minimum atomic E-state index is -0.676. The van der Waals surface area contributed by atoms with Crippen molar-refractivity contribution in [3.63, 3.8) is 0 Å². The molecule has 1 aromatic carbocycles. The molecule has 8 nitrogen and oxygen atoms in total. The van der Waals surface area contributed by atoms with Gasteiger partial charge in [0, 0.05) is 25.1 Å². The van der Waals surface area contributed by atoms with Gasteiger partial charge in [-0.3, -0.25) is 25.0 Å². The van der Waals surface area contributed by atoms with Gasteiger partial charge in [0.1, 0.15) is 0 Å². The minimum absolute atomic E-state index is 0.111. The number of hydrogen-bond acceptors (Lipinski definition) is 6. The van der Waals surface area contributed by atoms with E-state index in [1.165, 1.54) is 30.3 Å². The zero-order valence-corrected chi connectivity index (χ0v) is 9.94. The number of hydrogen-bond donors (Lipinski definition) is 0. The number of benzene rings is 1. The van der Waals surface area contributed by atoms with E-state index in [1.54, 1.807) is 0 Å². The predicted molar refractivity (Wildman–Crippen MR) is 64.7 cm³/mol. The van der Waals surface area contributed by atoms with E-state index >= 15 is 0 Å². The van der Waals surface area contributed by atoms with Gasteiger partial charge in [-0.25, -0.2) is 0 Å². The average Bonchev–Trinajstić information content (AvgIpc) is 2.34. The summed E-state index contributed by atoms with van der Waals surface area (Å²) in [6, 6.07) is 5.20. The summed E-state index contributed by atoms with van der Waals surface area (Å²) >= 11 is 0. The van der Waals surface area contributed by atoms with Gasteiger partial charge in [-0.2, -0.15) is 0 Å². The highest BCUT2D eigenvalue weighted by atomic mass is 16.6. The Balaban J connectivity index is 2.92. The van der Waals surface area contributed by atoms with Crippen molar-refractivity contribution in [2.45, 2.75) is 6.92 Å². The van der Waals surface area contributed by atoms with E-state index in [1.807, 2.05) is 0 Å². The molecule has 0 saturated heterocycles. The van der Waals surface area contributed by atoms with Crippen LogP contribution in [-0.4, -0.2) is 22.4 Å². The number of esters is 1. The standard InChI is InChI=1S/C11H10N2O6/c1-8(14)19-7-11(13(17)18)6-9-2-4-10(5-3-9)12(15)16/h2-6H,7H2,1H3/b11-6-. The zero-order valence-electron chi connectivity index (χ0n) is 9.94. The second-order valence-electron chi connectivity index (χ2n) is 3.52. The molecule has 0 heterocycles.